The molecule has 2 atom stereocenters. The van der Waals surface area contributed by atoms with Gasteiger partial charge in [0, 0.05) is 0 Å². The molecule has 1 saturated heterocycles. The molecule has 4 heterocycles. The lowest BCUT2D eigenvalue weighted by molar-refractivity contribution is -0.149. The van der Waals surface area contributed by atoms with Gasteiger partial charge in [-0.15, -0.1) is 0 Å². The number of rotatable bonds is 8. The zero-order valence-electron chi connectivity index (χ0n) is 20.8. The highest BCUT2D eigenvalue weighted by Gasteiger charge is 2.40. The average Bonchev–Trinajstić information content (AvgIpc) is 3.59. The molecular formula is C26H26N4O8. The zero-order valence-corrected chi connectivity index (χ0v) is 20.8. The molecule has 12 heteroatoms. The van der Waals surface area contributed by atoms with E-state index in [1.807, 2.05) is 43.3 Å². The number of amides is 1. The van der Waals surface area contributed by atoms with Crippen LogP contribution in [0.25, 0.3) is 5.52 Å². The van der Waals surface area contributed by atoms with Crippen LogP contribution in [0.1, 0.15) is 42.5 Å². The van der Waals surface area contributed by atoms with Crippen molar-refractivity contribution in [2.75, 3.05) is 11.9 Å². The van der Waals surface area contributed by atoms with Crippen LogP contribution in [0.4, 0.5) is 10.6 Å². The third kappa shape index (κ3) is 5.44. The first-order chi connectivity index (χ1) is 18.3. The molecule has 1 N–H and O–H groups in total. The van der Waals surface area contributed by atoms with Gasteiger partial charge in [-0.3, -0.25) is 10.1 Å². The van der Waals surface area contributed by atoms with Crippen molar-refractivity contribution in [2.45, 2.75) is 51.4 Å². The molecular weight excluding hydrogens is 496 g/mol. The number of carbonyl (C=O) groups is 2. The number of nitrogens with one attached hydrogen (secondary N) is 1. The van der Waals surface area contributed by atoms with Gasteiger partial charge in [-0.25, -0.2) is 19.1 Å². The lowest BCUT2D eigenvalue weighted by Crippen LogP contribution is -2.27. The van der Waals surface area contributed by atoms with E-state index >= 15 is 0 Å². The molecule has 1 amide bonds. The summed E-state index contributed by atoms with van der Waals surface area (Å²) >= 11 is 0. The Kier molecular flexibility index (Phi) is 6.97. The predicted molar refractivity (Wildman–Crippen MR) is 131 cm³/mol. The summed E-state index contributed by atoms with van der Waals surface area (Å²) in [5, 5.41) is 6.92. The molecule has 198 valence electrons. The fourth-order valence-corrected chi connectivity index (χ4v) is 4.43. The Balaban J connectivity index is 1.21. The molecule has 0 unspecified atom stereocenters. The van der Waals surface area contributed by atoms with Crippen LogP contribution in [0.2, 0.25) is 0 Å². The molecule has 0 radical (unpaired) electrons. The molecule has 0 spiro atoms. The molecule has 0 aliphatic carbocycles. The first kappa shape index (κ1) is 25.2. The van der Waals surface area contributed by atoms with E-state index in [4.69, 9.17) is 23.0 Å². The minimum atomic E-state index is -0.866. The van der Waals surface area contributed by atoms with Crippen molar-refractivity contribution < 1.29 is 32.6 Å². The number of benzene rings is 1. The number of hydrogen-bond donors (Lipinski definition) is 1. The van der Waals surface area contributed by atoms with E-state index < -0.39 is 17.5 Å². The second kappa shape index (κ2) is 10.5. The average molecular weight is 523 g/mol. The topological polar surface area (TPSA) is 147 Å². The third-order valence-electron chi connectivity index (χ3n) is 6.38. The van der Waals surface area contributed by atoms with Crippen molar-refractivity contribution in [1.29, 1.82) is 0 Å². The molecule has 0 bridgehead atoms. The van der Waals surface area contributed by atoms with Crippen LogP contribution >= 0.6 is 0 Å². The van der Waals surface area contributed by atoms with E-state index in [2.05, 4.69) is 15.4 Å². The Morgan fingerprint density at radius 1 is 1.16 bits per heavy atom. The van der Waals surface area contributed by atoms with Gasteiger partial charge in [0.1, 0.15) is 24.1 Å². The number of anilines is 1. The number of aryl methyl sites for hydroxylation is 1. The Labute approximate surface area is 216 Å². The molecule has 12 nitrogen and oxygen atoms in total. The Bertz CT molecular complexity index is 1510. The van der Waals surface area contributed by atoms with Gasteiger partial charge in [0.25, 0.3) is 0 Å². The smallest absolute Gasteiger partial charge is 0.463 e. The van der Waals surface area contributed by atoms with E-state index in [1.165, 1.54) is 13.3 Å². The zero-order chi connectivity index (χ0) is 26.7. The Hall–Kier alpha value is -4.45. The van der Waals surface area contributed by atoms with Crippen molar-refractivity contribution in [1.82, 2.24) is 14.6 Å². The predicted octanol–water partition coefficient (Wildman–Crippen LogP) is 3.51. The molecule has 1 aliphatic rings. The van der Waals surface area contributed by atoms with Crippen LogP contribution in [0.5, 0.6) is 0 Å². The Morgan fingerprint density at radius 3 is 2.74 bits per heavy atom. The first-order valence-electron chi connectivity index (χ1n) is 12.0. The van der Waals surface area contributed by atoms with E-state index in [0.717, 1.165) is 11.3 Å². The molecule has 1 aliphatic heterocycles. The van der Waals surface area contributed by atoms with Gasteiger partial charge in [-0.05, 0) is 44.4 Å². The van der Waals surface area contributed by atoms with Crippen molar-refractivity contribution in [3.8, 4) is 0 Å². The number of hydrogen-bond acceptors (Lipinski definition) is 10. The quantitative estimate of drug-likeness (QED) is 0.341. The highest BCUT2D eigenvalue weighted by molar-refractivity contribution is 5.88. The fourth-order valence-electron chi connectivity index (χ4n) is 4.43. The molecule has 5 rings (SSSR count). The van der Waals surface area contributed by atoms with Gasteiger partial charge >= 0.3 is 17.9 Å². The fraction of sp³-hybridized carbons (Fsp3) is 0.346. The van der Waals surface area contributed by atoms with Crippen molar-refractivity contribution in [2.24, 2.45) is 0 Å². The number of aromatic nitrogens is 3. The molecule has 1 fully saturated rings. The van der Waals surface area contributed by atoms with E-state index in [-0.39, 0.29) is 49.0 Å². The van der Waals surface area contributed by atoms with Gasteiger partial charge < -0.3 is 23.0 Å². The number of carbonyl (C=O) groups excluding carboxylic acids is 2. The number of fused-ring (bicyclic) bond motifs is 1. The molecule has 0 saturated carbocycles. The highest BCUT2D eigenvalue weighted by Crippen LogP contribution is 2.40. The summed E-state index contributed by atoms with van der Waals surface area (Å²) in [4.78, 5) is 39.9. The lowest BCUT2D eigenvalue weighted by Gasteiger charge is -2.24. The van der Waals surface area contributed by atoms with Gasteiger partial charge in [0.15, 0.2) is 23.9 Å². The van der Waals surface area contributed by atoms with Crippen LogP contribution in [-0.2, 0) is 37.6 Å². The van der Waals surface area contributed by atoms with Crippen molar-refractivity contribution in [3.63, 3.8) is 0 Å². The first-order valence-corrected chi connectivity index (χ1v) is 12.0. The van der Waals surface area contributed by atoms with Crippen LogP contribution in [0.15, 0.2) is 62.4 Å². The van der Waals surface area contributed by atoms with E-state index in [9.17, 15) is 14.4 Å². The summed E-state index contributed by atoms with van der Waals surface area (Å²) in [6, 6.07) is 13.0. The molecule has 1 aromatic carbocycles. The monoisotopic (exact) mass is 522 g/mol. The Morgan fingerprint density at radius 2 is 1.97 bits per heavy atom. The normalized spacial score (nSPS) is 18.9. The minimum absolute atomic E-state index is 0.120. The van der Waals surface area contributed by atoms with Gasteiger partial charge in [0.2, 0.25) is 0 Å². The largest absolute Gasteiger partial charge is 0.519 e. The standard InChI is InChI=1S/C26H26N4O8/c1-16-20(37-25(33)36-16)14-35-24(32)29-23-19-8-9-21(30(19)28-15-27-23)26(2)11-10-18(38-26)13-34-22(31)12-17-6-4-3-5-7-17/h3-9,15,18H,10-14H2,1-2H3,(H,27,28,29,32)/t18-,26+/m0/s1. The van der Waals surface area contributed by atoms with Crippen molar-refractivity contribution in [3.05, 3.63) is 82.2 Å². The van der Waals surface area contributed by atoms with Crippen LogP contribution < -0.4 is 11.1 Å². The van der Waals surface area contributed by atoms with E-state index in [0.29, 0.717) is 18.4 Å². The van der Waals surface area contributed by atoms with Crippen molar-refractivity contribution >= 4 is 23.4 Å². The maximum atomic E-state index is 12.3. The summed E-state index contributed by atoms with van der Waals surface area (Å²) in [7, 11) is 0. The summed E-state index contributed by atoms with van der Waals surface area (Å²) in [5.74, 6) is -0.585. The molecule has 3 aromatic heterocycles. The summed E-state index contributed by atoms with van der Waals surface area (Å²) < 4.78 is 28.1. The van der Waals surface area contributed by atoms with Crippen LogP contribution in [0, 0.1) is 6.92 Å². The van der Waals surface area contributed by atoms with E-state index in [1.54, 1.807) is 10.6 Å². The van der Waals surface area contributed by atoms with Gasteiger partial charge in [-0.1, -0.05) is 30.3 Å². The highest BCUT2D eigenvalue weighted by atomic mass is 16.6. The second-order valence-electron chi connectivity index (χ2n) is 9.11. The maximum Gasteiger partial charge on any atom is 0.519 e. The number of nitrogens with zero attached hydrogens (tertiary/aromatic N) is 3. The summed E-state index contributed by atoms with van der Waals surface area (Å²) in [6.07, 6.45) is 1.85. The summed E-state index contributed by atoms with van der Waals surface area (Å²) in [5.41, 5.74) is 1.50. The van der Waals surface area contributed by atoms with Gasteiger partial charge in [0.05, 0.1) is 18.2 Å². The van der Waals surface area contributed by atoms with Gasteiger partial charge in [-0.2, -0.15) is 5.10 Å². The molecule has 4 aromatic rings. The maximum absolute atomic E-state index is 12.3. The SMILES string of the molecule is Cc1oc(=O)oc1COC(=O)Nc1ncnn2c([C@@]3(C)CC[C@@H](COC(=O)Cc4ccccc4)O3)ccc12. The summed E-state index contributed by atoms with van der Waals surface area (Å²) in [6.45, 7) is 3.36. The third-order valence-corrected chi connectivity index (χ3v) is 6.38. The number of ether oxygens (including phenoxy) is 3. The molecule has 38 heavy (non-hydrogen) atoms. The lowest BCUT2D eigenvalue weighted by atomic mass is 9.98. The second-order valence-corrected chi connectivity index (χ2v) is 9.11. The minimum Gasteiger partial charge on any atom is -0.463 e. The van der Waals surface area contributed by atoms with Crippen LogP contribution in [-0.4, -0.2) is 39.4 Å². The number of esters is 1. The van der Waals surface area contributed by atoms with Crippen LogP contribution in [0.3, 0.4) is 0 Å².